The number of amidine groups is 1. The van der Waals surface area contributed by atoms with Crippen molar-refractivity contribution in [2.24, 2.45) is 10.9 Å². The van der Waals surface area contributed by atoms with E-state index in [-0.39, 0.29) is 5.84 Å². The van der Waals surface area contributed by atoms with Crippen molar-refractivity contribution >= 4 is 5.84 Å². The first-order chi connectivity index (χ1) is 13.2. The van der Waals surface area contributed by atoms with Gasteiger partial charge in [0.2, 0.25) is 0 Å². The van der Waals surface area contributed by atoms with Gasteiger partial charge in [-0.25, -0.2) is 0 Å². The number of hydrogen-bond donors (Lipinski definition) is 2. The van der Waals surface area contributed by atoms with Crippen molar-refractivity contribution in [3.05, 3.63) is 95.6 Å². The van der Waals surface area contributed by atoms with Crippen molar-refractivity contribution < 1.29 is 14.7 Å². The minimum atomic E-state index is -0.964. The SMILES string of the molecule is COc1ccc(C(C(N)=NO)(c2ccccc2)c2ccc(OC)cc2)cc1. The highest BCUT2D eigenvalue weighted by Gasteiger charge is 2.41. The maximum absolute atomic E-state index is 9.67. The van der Waals surface area contributed by atoms with Crippen LogP contribution in [-0.4, -0.2) is 25.3 Å². The molecule has 0 aliphatic carbocycles. The first kappa shape index (κ1) is 18.3. The average Bonchev–Trinajstić information content (AvgIpc) is 2.75. The lowest BCUT2D eigenvalue weighted by Gasteiger charge is -2.34. The molecule has 5 heteroatoms. The standard InChI is InChI=1S/C22H22N2O3/c1-26-19-12-8-17(9-13-19)22(21(23)24-25,16-6-4-3-5-7-16)18-10-14-20(27-2)15-11-18/h3-15,25H,1-2H3,(H2,23,24). The molecule has 0 aliphatic rings. The molecule has 0 atom stereocenters. The van der Waals surface area contributed by atoms with Crippen molar-refractivity contribution in [3.63, 3.8) is 0 Å². The lowest BCUT2D eigenvalue weighted by molar-refractivity contribution is 0.314. The largest absolute Gasteiger partial charge is 0.497 e. The molecular formula is C22H22N2O3. The third kappa shape index (κ3) is 3.19. The number of methoxy groups -OCH3 is 2. The third-order valence-corrected chi connectivity index (χ3v) is 4.74. The summed E-state index contributed by atoms with van der Waals surface area (Å²) in [6, 6.07) is 24.9. The van der Waals surface area contributed by atoms with Crippen molar-refractivity contribution in [2.75, 3.05) is 14.2 Å². The summed E-state index contributed by atoms with van der Waals surface area (Å²) in [4.78, 5) is 0. The second-order valence-corrected chi connectivity index (χ2v) is 6.06. The number of oxime groups is 1. The summed E-state index contributed by atoms with van der Waals surface area (Å²) in [7, 11) is 3.24. The molecule has 0 aliphatic heterocycles. The molecule has 5 nitrogen and oxygen atoms in total. The van der Waals surface area contributed by atoms with Gasteiger partial charge in [0, 0.05) is 0 Å². The highest BCUT2D eigenvalue weighted by molar-refractivity contribution is 5.98. The van der Waals surface area contributed by atoms with Crippen molar-refractivity contribution in [1.82, 2.24) is 0 Å². The molecule has 0 saturated heterocycles. The molecule has 0 aromatic heterocycles. The van der Waals surface area contributed by atoms with Gasteiger partial charge in [-0.15, -0.1) is 0 Å². The normalized spacial score (nSPS) is 11.9. The van der Waals surface area contributed by atoms with Crippen LogP contribution in [0.5, 0.6) is 11.5 Å². The van der Waals surface area contributed by atoms with E-state index >= 15 is 0 Å². The van der Waals surface area contributed by atoms with E-state index < -0.39 is 5.41 Å². The molecule has 0 spiro atoms. The number of ether oxygens (including phenoxy) is 2. The molecule has 3 rings (SSSR count). The van der Waals surface area contributed by atoms with Crippen LogP contribution in [0.15, 0.2) is 84.0 Å². The predicted molar refractivity (Wildman–Crippen MR) is 106 cm³/mol. The van der Waals surface area contributed by atoms with Crippen LogP contribution in [0, 0.1) is 0 Å². The lowest BCUT2D eigenvalue weighted by Crippen LogP contribution is -2.43. The minimum Gasteiger partial charge on any atom is -0.497 e. The van der Waals surface area contributed by atoms with Gasteiger partial charge in [0.05, 0.1) is 14.2 Å². The molecule has 3 N–H and O–H groups in total. The molecule has 0 fully saturated rings. The summed E-state index contributed by atoms with van der Waals surface area (Å²) in [6.07, 6.45) is 0. The zero-order valence-electron chi connectivity index (χ0n) is 15.3. The van der Waals surface area contributed by atoms with E-state index in [0.29, 0.717) is 0 Å². The Morgan fingerprint density at radius 3 is 1.52 bits per heavy atom. The zero-order valence-corrected chi connectivity index (χ0v) is 15.3. The minimum absolute atomic E-state index is 0.0732. The second kappa shape index (κ2) is 7.83. The summed E-state index contributed by atoms with van der Waals surface area (Å²) >= 11 is 0. The Kier molecular flexibility index (Phi) is 5.31. The number of nitrogens with zero attached hydrogens (tertiary/aromatic N) is 1. The van der Waals surface area contributed by atoms with E-state index in [1.807, 2.05) is 78.9 Å². The highest BCUT2D eigenvalue weighted by Crippen LogP contribution is 2.40. The molecule has 0 bridgehead atoms. The molecule has 0 heterocycles. The van der Waals surface area contributed by atoms with Gasteiger partial charge < -0.3 is 20.4 Å². The van der Waals surface area contributed by atoms with E-state index in [4.69, 9.17) is 15.2 Å². The summed E-state index contributed by atoms with van der Waals surface area (Å²) in [6.45, 7) is 0. The van der Waals surface area contributed by atoms with Gasteiger partial charge in [-0.3, -0.25) is 0 Å². The van der Waals surface area contributed by atoms with Crippen LogP contribution in [0.25, 0.3) is 0 Å². The van der Waals surface area contributed by atoms with Gasteiger partial charge in [0.15, 0.2) is 5.84 Å². The molecular weight excluding hydrogens is 340 g/mol. The molecule has 27 heavy (non-hydrogen) atoms. The number of rotatable bonds is 6. The zero-order chi connectivity index (χ0) is 19.3. The quantitative estimate of drug-likeness (QED) is 0.230. The molecule has 3 aromatic carbocycles. The van der Waals surface area contributed by atoms with Gasteiger partial charge in [0.25, 0.3) is 0 Å². The fourth-order valence-corrected chi connectivity index (χ4v) is 3.39. The van der Waals surface area contributed by atoms with Crippen LogP contribution in [0.2, 0.25) is 0 Å². The van der Waals surface area contributed by atoms with Crippen LogP contribution < -0.4 is 15.2 Å². The summed E-state index contributed by atoms with van der Waals surface area (Å²) in [5.41, 5.74) is 7.96. The summed E-state index contributed by atoms with van der Waals surface area (Å²) < 4.78 is 10.6. The Morgan fingerprint density at radius 1 is 0.741 bits per heavy atom. The van der Waals surface area contributed by atoms with Crippen LogP contribution >= 0.6 is 0 Å². The Balaban J connectivity index is 2.34. The first-order valence-corrected chi connectivity index (χ1v) is 8.49. The van der Waals surface area contributed by atoms with Gasteiger partial charge in [-0.1, -0.05) is 59.8 Å². The Morgan fingerprint density at radius 2 is 1.15 bits per heavy atom. The second-order valence-electron chi connectivity index (χ2n) is 6.06. The molecule has 0 saturated carbocycles. The fraction of sp³-hybridized carbons (Fsp3) is 0.136. The van der Waals surface area contributed by atoms with Gasteiger partial charge in [-0.05, 0) is 41.0 Å². The number of hydrogen-bond acceptors (Lipinski definition) is 4. The highest BCUT2D eigenvalue weighted by atomic mass is 16.5. The molecule has 138 valence electrons. The van der Waals surface area contributed by atoms with E-state index in [1.165, 1.54) is 0 Å². The van der Waals surface area contributed by atoms with Crippen LogP contribution in [0.3, 0.4) is 0 Å². The maximum Gasteiger partial charge on any atom is 0.158 e. The van der Waals surface area contributed by atoms with E-state index in [1.54, 1.807) is 14.2 Å². The van der Waals surface area contributed by atoms with Gasteiger partial charge in [0.1, 0.15) is 16.9 Å². The van der Waals surface area contributed by atoms with Crippen molar-refractivity contribution in [2.45, 2.75) is 5.41 Å². The molecule has 0 amide bonds. The Bertz CT molecular complexity index is 857. The van der Waals surface area contributed by atoms with E-state index in [2.05, 4.69) is 5.16 Å². The maximum atomic E-state index is 9.67. The smallest absolute Gasteiger partial charge is 0.158 e. The molecule has 3 aromatic rings. The fourth-order valence-electron chi connectivity index (χ4n) is 3.39. The first-order valence-electron chi connectivity index (χ1n) is 8.49. The lowest BCUT2D eigenvalue weighted by atomic mass is 9.68. The number of benzene rings is 3. The monoisotopic (exact) mass is 362 g/mol. The molecule has 0 radical (unpaired) electrons. The van der Waals surface area contributed by atoms with Crippen molar-refractivity contribution in [1.29, 1.82) is 0 Å². The third-order valence-electron chi connectivity index (χ3n) is 4.74. The van der Waals surface area contributed by atoms with Crippen LogP contribution in [0.1, 0.15) is 16.7 Å². The van der Waals surface area contributed by atoms with Gasteiger partial charge >= 0.3 is 0 Å². The van der Waals surface area contributed by atoms with Gasteiger partial charge in [-0.2, -0.15) is 0 Å². The summed E-state index contributed by atoms with van der Waals surface area (Å²) in [5, 5.41) is 13.1. The molecule has 0 unspecified atom stereocenters. The number of nitrogens with two attached hydrogens (primary N) is 1. The average molecular weight is 362 g/mol. The topological polar surface area (TPSA) is 77.1 Å². The Hall–Kier alpha value is -3.47. The van der Waals surface area contributed by atoms with Crippen LogP contribution in [0.4, 0.5) is 0 Å². The van der Waals surface area contributed by atoms with E-state index in [9.17, 15) is 5.21 Å². The predicted octanol–water partition coefficient (Wildman–Crippen LogP) is 3.78. The van der Waals surface area contributed by atoms with Crippen molar-refractivity contribution in [3.8, 4) is 11.5 Å². The summed E-state index contributed by atoms with van der Waals surface area (Å²) in [5.74, 6) is 1.54. The van der Waals surface area contributed by atoms with Crippen LogP contribution in [-0.2, 0) is 5.41 Å². The Labute approximate surface area is 158 Å². The van der Waals surface area contributed by atoms with E-state index in [0.717, 1.165) is 28.2 Å².